The van der Waals surface area contributed by atoms with Crippen molar-refractivity contribution in [1.29, 1.82) is 0 Å². The highest BCUT2D eigenvalue weighted by molar-refractivity contribution is 5.95. The minimum atomic E-state index is -0.491. The number of esters is 1. The van der Waals surface area contributed by atoms with Crippen LogP contribution in [0.3, 0.4) is 0 Å². The topological polar surface area (TPSA) is 69.4 Å². The molecule has 16 heavy (non-hydrogen) atoms. The number of ether oxygens (including phenoxy) is 1. The SMILES string of the molecule is CCOC(=O)c1cc(C#CC=O)ccc1N. The van der Waals surface area contributed by atoms with E-state index in [4.69, 9.17) is 10.5 Å². The fourth-order valence-electron chi connectivity index (χ4n) is 1.13. The molecule has 0 fully saturated rings. The molecule has 1 rings (SSSR count). The van der Waals surface area contributed by atoms with Gasteiger partial charge in [0.1, 0.15) is 0 Å². The molecular formula is C12H11NO3. The van der Waals surface area contributed by atoms with E-state index in [0.29, 0.717) is 17.5 Å². The molecule has 1 aromatic rings. The molecule has 0 unspecified atom stereocenters. The predicted octanol–water partition coefficient (Wildman–Crippen LogP) is 0.996. The Morgan fingerprint density at radius 1 is 1.56 bits per heavy atom. The molecule has 0 bridgehead atoms. The molecular weight excluding hydrogens is 206 g/mol. The van der Waals surface area contributed by atoms with Crippen LogP contribution in [0.5, 0.6) is 0 Å². The molecule has 0 amide bonds. The maximum absolute atomic E-state index is 11.5. The highest BCUT2D eigenvalue weighted by Crippen LogP contribution is 2.14. The van der Waals surface area contributed by atoms with E-state index in [1.165, 1.54) is 6.07 Å². The van der Waals surface area contributed by atoms with Crippen LogP contribution < -0.4 is 5.73 Å². The fourth-order valence-corrected chi connectivity index (χ4v) is 1.13. The van der Waals surface area contributed by atoms with Crippen molar-refractivity contribution >= 4 is 17.9 Å². The molecule has 0 aliphatic heterocycles. The number of hydrogen-bond acceptors (Lipinski definition) is 4. The quantitative estimate of drug-likeness (QED) is 0.347. The van der Waals surface area contributed by atoms with Crippen LogP contribution in [0.4, 0.5) is 5.69 Å². The van der Waals surface area contributed by atoms with Crippen LogP contribution in [-0.2, 0) is 9.53 Å². The molecule has 1 aromatic carbocycles. The third-order valence-corrected chi connectivity index (χ3v) is 1.82. The van der Waals surface area contributed by atoms with Gasteiger partial charge in [0.05, 0.1) is 12.2 Å². The Balaban J connectivity index is 3.08. The Kier molecular flexibility index (Phi) is 4.10. The van der Waals surface area contributed by atoms with Crippen molar-refractivity contribution in [2.75, 3.05) is 12.3 Å². The van der Waals surface area contributed by atoms with Crippen molar-refractivity contribution in [2.45, 2.75) is 6.92 Å². The molecule has 0 aliphatic carbocycles. The number of rotatable bonds is 2. The lowest BCUT2D eigenvalue weighted by atomic mass is 10.1. The molecule has 4 nitrogen and oxygen atoms in total. The van der Waals surface area contributed by atoms with Crippen molar-refractivity contribution in [3.8, 4) is 11.8 Å². The summed E-state index contributed by atoms with van der Waals surface area (Å²) >= 11 is 0. The number of nitrogen functional groups attached to an aromatic ring is 1. The first-order valence-electron chi connectivity index (χ1n) is 4.71. The number of nitrogens with two attached hydrogens (primary N) is 1. The van der Waals surface area contributed by atoms with Crippen LogP contribution in [0.25, 0.3) is 0 Å². The lowest BCUT2D eigenvalue weighted by Crippen LogP contribution is -2.08. The van der Waals surface area contributed by atoms with Gasteiger partial charge in [-0.05, 0) is 31.0 Å². The molecule has 0 atom stereocenters. The van der Waals surface area contributed by atoms with Gasteiger partial charge in [0, 0.05) is 11.3 Å². The maximum atomic E-state index is 11.5. The molecule has 0 saturated carbocycles. The number of carbonyl (C=O) groups excluding carboxylic acids is 2. The van der Waals surface area contributed by atoms with Gasteiger partial charge in [-0.3, -0.25) is 4.79 Å². The maximum Gasteiger partial charge on any atom is 0.340 e. The minimum Gasteiger partial charge on any atom is -0.462 e. The van der Waals surface area contributed by atoms with Gasteiger partial charge < -0.3 is 10.5 Å². The van der Waals surface area contributed by atoms with E-state index in [1.807, 2.05) is 0 Å². The Labute approximate surface area is 93.4 Å². The standard InChI is InChI=1S/C12H11NO3/c1-2-16-12(15)10-8-9(4-3-7-14)5-6-11(10)13/h5-8H,2,13H2,1H3. The summed E-state index contributed by atoms with van der Waals surface area (Å²) in [6, 6.07) is 4.69. The zero-order chi connectivity index (χ0) is 12.0. The summed E-state index contributed by atoms with van der Waals surface area (Å²) in [5.74, 6) is 4.35. The Morgan fingerprint density at radius 3 is 2.94 bits per heavy atom. The van der Waals surface area contributed by atoms with Gasteiger partial charge in [-0.25, -0.2) is 4.79 Å². The second kappa shape index (κ2) is 5.56. The Bertz CT molecular complexity index is 469. The Hall–Kier alpha value is -2.28. The van der Waals surface area contributed by atoms with Crippen molar-refractivity contribution < 1.29 is 14.3 Å². The van der Waals surface area contributed by atoms with Crippen LogP contribution >= 0.6 is 0 Å². The molecule has 0 aliphatic rings. The van der Waals surface area contributed by atoms with E-state index in [0.717, 1.165) is 0 Å². The molecule has 0 saturated heterocycles. The molecule has 82 valence electrons. The summed E-state index contributed by atoms with van der Waals surface area (Å²) in [5.41, 5.74) is 6.77. The van der Waals surface area contributed by atoms with E-state index in [1.54, 1.807) is 19.1 Å². The van der Waals surface area contributed by atoms with Gasteiger partial charge in [-0.15, -0.1) is 0 Å². The first-order chi connectivity index (χ1) is 7.69. The van der Waals surface area contributed by atoms with Crippen molar-refractivity contribution in [1.82, 2.24) is 0 Å². The van der Waals surface area contributed by atoms with Gasteiger partial charge in [0.15, 0.2) is 6.29 Å². The molecule has 4 heteroatoms. The second-order valence-corrected chi connectivity index (χ2v) is 2.91. The number of aldehydes is 1. The lowest BCUT2D eigenvalue weighted by Gasteiger charge is -2.05. The number of benzene rings is 1. The fraction of sp³-hybridized carbons (Fsp3) is 0.167. The van der Waals surface area contributed by atoms with Crippen LogP contribution in [0.1, 0.15) is 22.8 Å². The van der Waals surface area contributed by atoms with Gasteiger partial charge in [0.25, 0.3) is 0 Å². The normalized spacial score (nSPS) is 8.81. The zero-order valence-corrected chi connectivity index (χ0v) is 8.82. The summed E-state index contributed by atoms with van der Waals surface area (Å²) in [7, 11) is 0. The van der Waals surface area contributed by atoms with Crippen molar-refractivity contribution in [3.63, 3.8) is 0 Å². The average molecular weight is 217 g/mol. The highest BCUT2D eigenvalue weighted by Gasteiger charge is 2.10. The summed E-state index contributed by atoms with van der Waals surface area (Å²) in [4.78, 5) is 21.5. The number of hydrogen-bond donors (Lipinski definition) is 1. The van der Waals surface area contributed by atoms with Crippen molar-refractivity contribution in [3.05, 3.63) is 29.3 Å². The summed E-state index contributed by atoms with van der Waals surface area (Å²) < 4.78 is 4.83. The lowest BCUT2D eigenvalue weighted by molar-refractivity contribution is -0.103. The molecule has 0 heterocycles. The largest absolute Gasteiger partial charge is 0.462 e. The Morgan fingerprint density at radius 2 is 2.31 bits per heavy atom. The van der Waals surface area contributed by atoms with E-state index in [2.05, 4.69) is 11.8 Å². The average Bonchev–Trinajstić information content (AvgIpc) is 2.28. The van der Waals surface area contributed by atoms with Crippen LogP contribution in [0.2, 0.25) is 0 Å². The van der Waals surface area contributed by atoms with E-state index in [-0.39, 0.29) is 12.2 Å². The monoisotopic (exact) mass is 217 g/mol. The van der Waals surface area contributed by atoms with Gasteiger partial charge in [-0.1, -0.05) is 5.92 Å². The first-order valence-corrected chi connectivity index (χ1v) is 4.71. The highest BCUT2D eigenvalue weighted by atomic mass is 16.5. The summed E-state index contributed by atoms with van der Waals surface area (Å²) in [6.45, 7) is 1.99. The zero-order valence-electron chi connectivity index (χ0n) is 8.82. The molecule has 0 spiro atoms. The smallest absolute Gasteiger partial charge is 0.340 e. The second-order valence-electron chi connectivity index (χ2n) is 2.91. The van der Waals surface area contributed by atoms with E-state index < -0.39 is 5.97 Å². The summed E-state index contributed by atoms with van der Waals surface area (Å²) in [5, 5.41) is 0. The van der Waals surface area contributed by atoms with E-state index in [9.17, 15) is 9.59 Å². The van der Waals surface area contributed by atoms with Gasteiger partial charge >= 0.3 is 5.97 Å². The molecule has 0 aromatic heterocycles. The van der Waals surface area contributed by atoms with Gasteiger partial charge in [0.2, 0.25) is 0 Å². The van der Waals surface area contributed by atoms with Crippen LogP contribution in [-0.4, -0.2) is 18.9 Å². The minimum absolute atomic E-state index is 0.263. The van der Waals surface area contributed by atoms with Gasteiger partial charge in [-0.2, -0.15) is 0 Å². The predicted molar refractivity (Wildman–Crippen MR) is 59.8 cm³/mol. The molecule has 0 radical (unpaired) electrons. The summed E-state index contributed by atoms with van der Waals surface area (Å²) in [6.07, 6.45) is 0.487. The number of carbonyl (C=O) groups is 2. The molecule has 2 N–H and O–H groups in total. The number of anilines is 1. The van der Waals surface area contributed by atoms with Crippen molar-refractivity contribution in [2.24, 2.45) is 0 Å². The third-order valence-electron chi connectivity index (χ3n) is 1.82. The van der Waals surface area contributed by atoms with E-state index >= 15 is 0 Å². The van der Waals surface area contributed by atoms with Crippen LogP contribution in [0.15, 0.2) is 18.2 Å². The third kappa shape index (κ3) is 2.85. The van der Waals surface area contributed by atoms with Crippen LogP contribution in [0, 0.1) is 11.8 Å². The first kappa shape index (κ1) is 11.8.